The summed E-state index contributed by atoms with van der Waals surface area (Å²) in [6.07, 6.45) is 6.89. The topological polar surface area (TPSA) is 52.1 Å². The van der Waals surface area contributed by atoms with E-state index in [1.54, 1.807) is 0 Å². The second-order valence-electron chi connectivity index (χ2n) is 12.8. The van der Waals surface area contributed by atoms with Crippen LogP contribution >= 0.6 is 0 Å². The van der Waals surface area contributed by atoms with Gasteiger partial charge in [0.1, 0.15) is 22.3 Å². The fourth-order valence-corrected chi connectivity index (χ4v) is 6.70. The first-order valence-corrected chi connectivity index (χ1v) is 17.2. The molecule has 1 radical (unpaired) electrons. The number of furan rings is 2. The Morgan fingerprint density at radius 2 is 1.35 bits per heavy atom. The number of unbranched alkanes of at least 4 members (excludes halogenated alkanes) is 1. The molecule has 5 aromatic carbocycles. The Kier molecular flexibility index (Phi) is 9.94. The Labute approximate surface area is 311 Å². The molecular weight excluding hydrogens is 805 g/mol. The molecular formula is C46H36IrN2O2-2. The van der Waals surface area contributed by atoms with Gasteiger partial charge in [0, 0.05) is 65.2 Å². The van der Waals surface area contributed by atoms with Crippen LogP contribution < -0.4 is 0 Å². The van der Waals surface area contributed by atoms with Crippen LogP contribution in [0, 0.1) is 26.0 Å². The van der Waals surface area contributed by atoms with Crippen molar-refractivity contribution in [3.8, 4) is 33.6 Å². The van der Waals surface area contributed by atoms with Crippen molar-refractivity contribution >= 4 is 43.9 Å². The second kappa shape index (κ2) is 14.9. The first kappa shape index (κ1) is 34.1. The van der Waals surface area contributed by atoms with Gasteiger partial charge in [0.15, 0.2) is 0 Å². The number of aryl methyl sites for hydroxylation is 3. The number of hydrogen-bond acceptors (Lipinski definition) is 4. The fraction of sp³-hybridized carbons (Fsp3) is 0.130. The molecule has 253 valence electrons. The first-order chi connectivity index (χ1) is 24.6. The average Bonchev–Trinajstić information content (AvgIpc) is 3.74. The van der Waals surface area contributed by atoms with E-state index in [1.165, 1.54) is 16.7 Å². The Bertz CT molecular complexity index is 2540. The molecule has 0 unspecified atom stereocenters. The third-order valence-electron chi connectivity index (χ3n) is 9.21. The number of benzene rings is 5. The largest absolute Gasteiger partial charge is 0.456 e. The van der Waals surface area contributed by atoms with Gasteiger partial charge in [-0.15, -0.1) is 71.3 Å². The molecule has 0 saturated heterocycles. The Morgan fingerprint density at radius 3 is 2.04 bits per heavy atom. The van der Waals surface area contributed by atoms with E-state index < -0.39 is 0 Å². The Hall–Kier alpha value is -5.35. The van der Waals surface area contributed by atoms with E-state index in [2.05, 4.69) is 96.6 Å². The summed E-state index contributed by atoms with van der Waals surface area (Å²) in [5, 5.41) is 4.50. The van der Waals surface area contributed by atoms with Gasteiger partial charge in [-0.05, 0) is 60.5 Å². The normalized spacial score (nSPS) is 11.1. The maximum Gasteiger partial charge on any atom is 0.144 e. The van der Waals surface area contributed by atoms with E-state index in [1.807, 2.05) is 73.9 Å². The maximum atomic E-state index is 6.66. The first-order valence-electron chi connectivity index (χ1n) is 17.2. The number of rotatable bonds is 6. The van der Waals surface area contributed by atoms with Gasteiger partial charge in [-0.2, -0.15) is 0 Å². The second-order valence-corrected chi connectivity index (χ2v) is 12.8. The predicted molar refractivity (Wildman–Crippen MR) is 205 cm³/mol. The van der Waals surface area contributed by atoms with Crippen LogP contribution in [0.2, 0.25) is 0 Å². The van der Waals surface area contributed by atoms with Crippen molar-refractivity contribution in [3.05, 3.63) is 156 Å². The molecule has 0 spiro atoms. The maximum absolute atomic E-state index is 6.66. The number of fused-ring (bicyclic) bond motifs is 6. The summed E-state index contributed by atoms with van der Waals surface area (Å²) in [4.78, 5) is 9.01. The smallest absolute Gasteiger partial charge is 0.144 e. The van der Waals surface area contributed by atoms with E-state index in [0.29, 0.717) is 0 Å². The quantitative estimate of drug-likeness (QED) is 0.157. The molecule has 51 heavy (non-hydrogen) atoms. The molecule has 0 atom stereocenters. The van der Waals surface area contributed by atoms with Crippen molar-refractivity contribution in [1.82, 2.24) is 9.97 Å². The SMILES string of the molecule is CCCCc1c2oc3ccccc3c2c(-c2ccnc(-c3[c-]cccc3)c2)c2oc3ccccc3c12.Cc1c[c-]c(-c2ccc(C)cn2)cc1.[Ir]. The van der Waals surface area contributed by atoms with Crippen LogP contribution in [0.4, 0.5) is 0 Å². The molecule has 0 fully saturated rings. The van der Waals surface area contributed by atoms with Crippen molar-refractivity contribution < 1.29 is 28.9 Å². The molecule has 0 aliphatic rings. The summed E-state index contributed by atoms with van der Waals surface area (Å²) in [5.74, 6) is 0. The van der Waals surface area contributed by atoms with E-state index in [4.69, 9.17) is 8.83 Å². The Morgan fingerprint density at radius 1 is 0.647 bits per heavy atom. The van der Waals surface area contributed by atoms with Gasteiger partial charge in [-0.3, -0.25) is 0 Å². The summed E-state index contributed by atoms with van der Waals surface area (Å²) in [6, 6.07) is 45.5. The minimum Gasteiger partial charge on any atom is -0.456 e. The van der Waals surface area contributed by atoms with E-state index in [-0.39, 0.29) is 20.1 Å². The van der Waals surface area contributed by atoms with Gasteiger partial charge < -0.3 is 18.8 Å². The van der Waals surface area contributed by atoms with Crippen LogP contribution in [0.5, 0.6) is 0 Å². The number of nitrogens with zero attached hydrogens (tertiary/aromatic N) is 2. The number of aromatic nitrogens is 2. The Balaban J connectivity index is 0.000000228. The molecule has 0 amide bonds. The van der Waals surface area contributed by atoms with Crippen LogP contribution in [0.1, 0.15) is 36.5 Å². The van der Waals surface area contributed by atoms with Crippen LogP contribution in [-0.4, -0.2) is 9.97 Å². The zero-order valence-electron chi connectivity index (χ0n) is 28.8. The molecule has 4 heterocycles. The average molecular weight is 841 g/mol. The molecule has 9 aromatic rings. The van der Waals surface area contributed by atoms with Crippen molar-refractivity contribution in [2.24, 2.45) is 0 Å². The molecule has 0 aliphatic carbocycles. The van der Waals surface area contributed by atoms with Crippen molar-refractivity contribution in [2.45, 2.75) is 40.0 Å². The molecule has 0 aliphatic heterocycles. The van der Waals surface area contributed by atoms with E-state index >= 15 is 0 Å². The van der Waals surface area contributed by atoms with E-state index in [0.717, 1.165) is 96.8 Å². The van der Waals surface area contributed by atoms with Crippen molar-refractivity contribution in [1.29, 1.82) is 0 Å². The van der Waals surface area contributed by atoms with Gasteiger partial charge in [-0.25, -0.2) is 0 Å². The molecule has 4 nitrogen and oxygen atoms in total. The van der Waals surface area contributed by atoms with Crippen molar-refractivity contribution in [3.63, 3.8) is 0 Å². The molecule has 4 aromatic heterocycles. The third-order valence-corrected chi connectivity index (χ3v) is 9.21. The summed E-state index contributed by atoms with van der Waals surface area (Å²) < 4.78 is 13.3. The molecule has 5 heteroatoms. The summed E-state index contributed by atoms with van der Waals surface area (Å²) in [6.45, 7) is 6.33. The van der Waals surface area contributed by atoms with Crippen LogP contribution in [0.15, 0.2) is 136 Å². The van der Waals surface area contributed by atoms with Crippen LogP contribution in [-0.2, 0) is 26.5 Å². The number of hydrogen-bond donors (Lipinski definition) is 0. The molecule has 9 rings (SSSR count). The molecule has 0 bridgehead atoms. The van der Waals surface area contributed by atoms with Crippen LogP contribution in [0.25, 0.3) is 77.5 Å². The van der Waals surface area contributed by atoms with Gasteiger partial charge in [0.05, 0.1) is 0 Å². The fourth-order valence-electron chi connectivity index (χ4n) is 6.70. The number of para-hydroxylation sites is 2. The van der Waals surface area contributed by atoms with Gasteiger partial charge in [0.25, 0.3) is 0 Å². The molecule has 0 saturated carbocycles. The third kappa shape index (κ3) is 6.63. The van der Waals surface area contributed by atoms with Crippen molar-refractivity contribution in [2.75, 3.05) is 0 Å². The monoisotopic (exact) mass is 841 g/mol. The molecule has 0 N–H and O–H groups in total. The summed E-state index contributed by atoms with van der Waals surface area (Å²) in [7, 11) is 0. The van der Waals surface area contributed by atoms with E-state index in [9.17, 15) is 0 Å². The van der Waals surface area contributed by atoms with Gasteiger partial charge in [0.2, 0.25) is 0 Å². The van der Waals surface area contributed by atoms with Gasteiger partial charge in [-0.1, -0.05) is 74.9 Å². The summed E-state index contributed by atoms with van der Waals surface area (Å²) in [5.41, 5.74) is 13.3. The zero-order valence-corrected chi connectivity index (χ0v) is 31.2. The minimum absolute atomic E-state index is 0. The predicted octanol–water partition coefficient (Wildman–Crippen LogP) is 12.5. The van der Waals surface area contributed by atoms with Crippen LogP contribution in [0.3, 0.4) is 0 Å². The standard InChI is InChI=1S/C33H24NO2.C13H12N.Ir/c1-2-3-13-25-30-23-14-7-9-16-27(23)36-33(30)29(31-24-15-8-10-17-28(24)35-32(25)31)22-18-19-34-26(20-22)21-11-5-4-6-12-21;1-10-3-6-12(7-4-10)13-8-5-11(2)9-14-13;/h4-11,14-20H,2-3,13H2,1H3;3-6,8-9H,1-2H3;/q2*-1;. The minimum atomic E-state index is 0. The van der Waals surface area contributed by atoms with Gasteiger partial charge >= 0.3 is 0 Å². The summed E-state index contributed by atoms with van der Waals surface area (Å²) >= 11 is 0. The zero-order chi connectivity index (χ0) is 34.0. The number of pyridine rings is 2.